The average molecular weight is 301 g/mol. The molecule has 0 atom stereocenters. The molecule has 3 rings (SSSR count). The van der Waals surface area contributed by atoms with Gasteiger partial charge in [-0.15, -0.1) is 11.3 Å². The maximum atomic E-state index is 10.7. The van der Waals surface area contributed by atoms with Crippen LogP contribution in [0.4, 0.5) is 0 Å². The molecular weight excluding hydrogens is 286 g/mol. The zero-order valence-corrected chi connectivity index (χ0v) is 12.5. The molecule has 3 aromatic rings. The summed E-state index contributed by atoms with van der Waals surface area (Å²) in [7, 11) is 0. The minimum absolute atomic E-state index is 0.592. The minimum atomic E-state index is 0.592. The van der Waals surface area contributed by atoms with Crippen LogP contribution in [-0.2, 0) is 0 Å². The van der Waals surface area contributed by atoms with E-state index in [9.17, 15) is 4.79 Å². The van der Waals surface area contributed by atoms with E-state index in [1.54, 1.807) is 6.20 Å². The second kappa shape index (κ2) is 6.10. The number of ether oxygens (including phenoxy) is 1. The first-order chi connectivity index (χ1) is 10.3. The fraction of sp³-hybridized carbons (Fsp3) is 0.250. The van der Waals surface area contributed by atoms with Gasteiger partial charge in [-0.1, -0.05) is 13.3 Å². The number of hydrogen-bond donors (Lipinski definition) is 0. The maximum Gasteiger partial charge on any atom is 0.164 e. The number of benzene rings is 1. The Morgan fingerprint density at radius 1 is 1.38 bits per heavy atom. The first kappa shape index (κ1) is 13.8. The van der Waals surface area contributed by atoms with Crippen LogP contribution in [0.15, 0.2) is 34.9 Å². The SMILES string of the molecule is CCCCOc1ccc2oc(-c3ncc(C=O)s3)cc2c1. The molecule has 108 valence electrons. The van der Waals surface area contributed by atoms with Gasteiger partial charge in [0.05, 0.1) is 11.5 Å². The number of rotatable bonds is 6. The van der Waals surface area contributed by atoms with Gasteiger partial charge in [0, 0.05) is 11.6 Å². The monoisotopic (exact) mass is 301 g/mol. The highest BCUT2D eigenvalue weighted by atomic mass is 32.1. The molecule has 2 aromatic heterocycles. The molecule has 0 radical (unpaired) electrons. The van der Waals surface area contributed by atoms with Crippen LogP contribution in [0, 0.1) is 0 Å². The Hall–Kier alpha value is -2.14. The van der Waals surface area contributed by atoms with Crippen LogP contribution in [0.1, 0.15) is 29.4 Å². The number of aldehydes is 1. The molecule has 4 nitrogen and oxygen atoms in total. The first-order valence-electron chi connectivity index (χ1n) is 6.88. The molecule has 2 heterocycles. The number of carbonyl (C=O) groups excluding carboxylic acids is 1. The molecule has 21 heavy (non-hydrogen) atoms. The van der Waals surface area contributed by atoms with Crippen molar-refractivity contribution in [3.8, 4) is 16.5 Å². The summed E-state index contributed by atoms with van der Waals surface area (Å²) in [6.07, 6.45) is 4.51. The number of carbonyl (C=O) groups is 1. The topological polar surface area (TPSA) is 52.3 Å². The quantitative estimate of drug-likeness (QED) is 0.495. The molecule has 5 heteroatoms. The fourth-order valence-electron chi connectivity index (χ4n) is 2.01. The molecule has 0 unspecified atom stereocenters. The first-order valence-corrected chi connectivity index (χ1v) is 7.69. The lowest BCUT2D eigenvalue weighted by Crippen LogP contribution is -1.95. The number of nitrogens with zero attached hydrogens (tertiary/aromatic N) is 1. The van der Waals surface area contributed by atoms with Crippen molar-refractivity contribution in [3.63, 3.8) is 0 Å². The molecule has 1 aromatic carbocycles. The highest BCUT2D eigenvalue weighted by molar-refractivity contribution is 7.16. The van der Waals surface area contributed by atoms with Gasteiger partial charge in [-0.3, -0.25) is 4.79 Å². The lowest BCUT2D eigenvalue weighted by molar-refractivity contribution is 0.112. The zero-order chi connectivity index (χ0) is 14.7. The molecule has 0 spiro atoms. The molecule has 0 amide bonds. The summed E-state index contributed by atoms with van der Waals surface area (Å²) < 4.78 is 11.5. The Labute approximate surface area is 126 Å². The lowest BCUT2D eigenvalue weighted by Gasteiger charge is -2.04. The van der Waals surface area contributed by atoms with E-state index >= 15 is 0 Å². The van der Waals surface area contributed by atoms with Crippen molar-refractivity contribution < 1.29 is 13.9 Å². The number of thiazole rings is 1. The molecule has 0 aliphatic carbocycles. The average Bonchev–Trinajstić information content (AvgIpc) is 3.13. The standard InChI is InChI=1S/C16H15NO3S/c1-2-3-6-19-12-4-5-14-11(7-12)8-15(20-14)16-17-9-13(10-18)21-16/h4-5,7-10H,2-3,6H2,1H3. The highest BCUT2D eigenvalue weighted by Crippen LogP contribution is 2.32. The number of furan rings is 1. The summed E-state index contributed by atoms with van der Waals surface area (Å²) in [5.41, 5.74) is 0.788. The molecule has 0 bridgehead atoms. The normalized spacial score (nSPS) is 10.9. The molecule has 0 fully saturated rings. The summed E-state index contributed by atoms with van der Waals surface area (Å²) in [5.74, 6) is 1.52. The van der Waals surface area contributed by atoms with Crippen molar-refractivity contribution in [3.05, 3.63) is 35.3 Å². The third-order valence-electron chi connectivity index (χ3n) is 3.10. The third kappa shape index (κ3) is 2.97. The Bertz CT molecular complexity index is 760. The third-order valence-corrected chi connectivity index (χ3v) is 4.04. The number of unbranched alkanes of at least 4 members (excludes halogenated alkanes) is 1. The van der Waals surface area contributed by atoms with Gasteiger partial charge in [-0.2, -0.15) is 0 Å². The van der Waals surface area contributed by atoms with Crippen LogP contribution in [0.25, 0.3) is 21.7 Å². The van der Waals surface area contributed by atoms with Crippen molar-refractivity contribution in [1.82, 2.24) is 4.98 Å². The van der Waals surface area contributed by atoms with Gasteiger partial charge < -0.3 is 9.15 Å². The van der Waals surface area contributed by atoms with E-state index in [1.807, 2.05) is 24.3 Å². The van der Waals surface area contributed by atoms with Gasteiger partial charge in [0.2, 0.25) is 0 Å². The smallest absolute Gasteiger partial charge is 0.164 e. The van der Waals surface area contributed by atoms with Crippen LogP contribution >= 0.6 is 11.3 Å². The second-order valence-electron chi connectivity index (χ2n) is 4.70. The fourth-order valence-corrected chi connectivity index (χ4v) is 2.69. The Morgan fingerprint density at radius 2 is 2.29 bits per heavy atom. The maximum absolute atomic E-state index is 10.7. The van der Waals surface area contributed by atoms with Crippen molar-refractivity contribution in [2.75, 3.05) is 6.61 Å². The minimum Gasteiger partial charge on any atom is -0.494 e. The van der Waals surface area contributed by atoms with E-state index in [2.05, 4.69) is 11.9 Å². The van der Waals surface area contributed by atoms with Crippen molar-refractivity contribution in [1.29, 1.82) is 0 Å². The Balaban J connectivity index is 1.87. The van der Waals surface area contributed by atoms with E-state index in [4.69, 9.17) is 9.15 Å². The van der Waals surface area contributed by atoms with Crippen LogP contribution in [0.5, 0.6) is 5.75 Å². The van der Waals surface area contributed by atoms with Crippen molar-refractivity contribution in [2.45, 2.75) is 19.8 Å². The predicted octanol–water partition coefficient (Wildman–Crippen LogP) is 4.55. The van der Waals surface area contributed by atoms with Crippen molar-refractivity contribution in [2.24, 2.45) is 0 Å². The van der Waals surface area contributed by atoms with Gasteiger partial charge >= 0.3 is 0 Å². The van der Waals surface area contributed by atoms with Gasteiger partial charge in [-0.25, -0.2) is 4.98 Å². The summed E-state index contributed by atoms with van der Waals surface area (Å²) in [5, 5.41) is 1.68. The van der Waals surface area contributed by atoms with Crippen LogP contribution < -0.4 is 4.74 Å². The van der Waals surface area contributed by atoms with E-state index in [1.165, 1.54) is 11.3 Å². The molecule has 0 saturated carbocycles. The Morgan fingerprint density at radius 3 is 3.05 bits per heavy atom. The summed E-state index contributed by atoms with van der Waals surface area (Å²) in [6, 6.07) is 7.69. The molecule has 0 aliphatic rings. The summed E-state index contributed by atoms with van der Waals surface area (Å²) >= 11 is 1.32. The predicted molar refractivity (Wildman–Crippen MR) is 83.1 cm³/mol. The lowest BCUT2D eigenvalue weighted by atomic mass is 10.2. The van der Waals surface area contributed by atoms with Crippen LogP contribution in [0.3, 0.4) is 0 Å². The van der Waals surface area contributed by atoms with Crippen LogP contribution in [0.2, 0.25) is 0 Å². The molecular formula is C16H15NO3S. The van der Waals surface area contributed by atoms with E-state index < -0.39 is 0 Å². The van der Waals surface area contributed by atoms with Gasteiger partial charge in [0.15, 0.2) is 17.1 Å². The van der Waals surface area contributed by atoms with Gasteiger partial charge in [0.25, 0.3) is 0 Å². The molecule has 0 saturated heterocycles. The zero-order valence-electron chi connectivity index (χ0n) is 11.7. The van der Waals surface area contributed by atoms with Crippen LogP contribution in [-0.4, -0.2) is 17.9 Å². The van der Waals surface area contributed by atoms with E-state index in [-0.39, 0.29) is 0 Å². The van der Waals surface area contributed by atoms with Crippen molar-refractivity contribution >= 4 is 28.6 Å². The number of hydrogen-bond acceptors (Lipinski definition) is 5. The van der Waals surface area contributed by atoms with Gasteiger partial charge in [0.1, 0.15) is 11.3 Å². The number of fused-ring (bicyclic) bond motifs is 1. The Kier molecular flexibility index (Phi) is 4.01. The summed E-state index contributed by atoms with van der Waals surface area (Å²) in [6.45, 7) is 2.86. The molecule has 0 aliphatic heterocycles. The summed E-state index contributed by atoms with van der Waals surface area (Å²) in [4.78, 5) is 15.5. The van der Waals surface area contributed by atoms with E-state index in [0.717, 1.165) is 42.5 Å². The van der Waals surface area contributed by atoms with E-state index in [0.29, 0.717) is 15.6 Å². The highest BCUT2D eigenvalue weighted by Gasteiger charge is 2.11. The molecule has 0 N–H and O–H groups in total. The second-order valence-corrected chi connectivity index (χ2v) is 5.76. The number of aromatic nitrogens is 1. The van der Waals surface area contributed by atoms with Gasteiger partial charge in [-0.05, 0) is 30.7 Å². The largest absolute Gasteiger partial charge is 0.494 e.